The summed E-state index contributed by atoms with van der Waals surface area (Å²) in [6, 6.07) is 12.1. The van der Waals surface area contributed by atoms with Crippen molar-refractivity contribution in [3.05, 3.63) is 59.6 Å². The Bertz CT molecular complexity index is 1100. The first-order valence-electron chi connectivity index (χ1n) is 7.85. The minimum atomic E-state index is -4.86. The molecule has 1 amide bonds. The van der Waals surface area contributed by atoms with E-state index in [-0.39, 0.29) is 11.4 Å². The van der Waals surface area contributed by atoms with Crippen LogP contribution in [0.15, 0.2) is 58.8 Å². The van der Waals surface area contributed by atoms with Gasteiger partial charge >= 0.3 is 5.76 Å². The molecule has 1 heterocycles. The van der Waals surface area contributed by atoms with Crippen LogP contribution >= 0.6 is 11.3 Å². The zero-order valence-electron chi connectivity index (χ0n) is 14.4. The van der Waals surface area contributed by atoms with Gasteiger partial charge in [-0.2, -0.15) is 8.78 Å². The minimum Gasteiger partial charge on any atom is -0.497 e. The first kappa shape index (κ1) is 19.9. The van der Waals surface area contributed by atoms with Crippen molar-refractivity contribution in [3.8, 4) is 16.3 Å². The molecule has 2 aromatic carbocycles. The second kappa shape index (κ2) is 8.03. The van der Waals surface area contributed by atoms with Gasteiger partial charge in [0.1, 0.15) is 16.5 Å². The number of ether oxygens (including phenoxy) is 1. The average Bonchev–Trinajstić information content (AvgIpc) is 3.18. The minimum absolute atomic E-state index is 0.0417. The molecule has 6 nitrogen and oxygen atoms in total. The number of alkyl halides is 2. The maximum atomic E-state index is 12.9. The fourth-order valence-corrected chi connectivity index (χ4v) is 4.04. The molecule has 0 aliphatic rings. The van der Waals surface area contributed by atoms with Crippen molar-refractivity contribution in [1.29, 1.82) is 0 Å². The van der Waals surface area contributed by atoms with E-state index in [0.29, 0.717) is 10.8 Å². The van der Waals surface area contributed by atoms with Gasteiger partial charge in [0, 0.05) is 10.9 Å². The predicted molar refractivity (Wildman–Crippen MR) is 102 cm³/mol. The largest absolute Gasteiger partial charge is 0.497 e. The lowest BCUT2D eigenvalue weighted by molar-refractivity contribution is 0.102. The van der Waals surface area contributed by atoms with Crippen LogP contribution in [0.3, 0.4) is 0 Å². The van der Waals surface area contributed by atoms with Crippen molar-refractivity contribution in [2.24, 2.45) is 0 Å². The third-order valence-corrected chi connectivity index (χ3v) is 6.08. The molecule has 0 bridgehead atoms. The van der Waals surface area contributed by atoms with Crippen LogP contribution in [0, 0.1) is 0 Å². The van der Waals surface area contributed by atoms with Gasteiger partial charge in [0.05, 0.1) is 17.7 Å². The first-order valence-corrected chi connectivity index (χ1v) is 10.3. The number of para-hydroxylation sites is 1. The lowest BCUT2D eigenvalue weighted by Gasteiger charge is -2.10. The molecule has 0 saturated carbocycles. The highest BCUT2D eigenvalue weighted by atomic mass is 32.2. The molecule has 0 unspecified atom stereocenters. The third-order valence-electron chi connectivity index (χ3n) is 3.75. The quantitative estimate of drug-likeness (QED) is 0.645. The second-order valence-corrected chi connectivity index (χ2v) is 8.27. The topological polar surface area (TPSA) is 85.4 Å². The zero-order chi connectivity index (χ0) is 20.3. The molecular weight excluding hydrogens is 410 g/mol. The van der Waals surface area contributed by atoms with Crippen molar-refractivity contribution >= 4 is 32.8 Å². The monoisotopic (exact) mass is 424 g/mol. The van der Waals surface area contributed by atoms with Gasteiger partial charge in [0.2, 0.25) is 9.84 Å². The smallest absolute Gasteiger partial charge is 0.341 e. The Balaban J connectivity index is 1.84. The van der Waals surface area contributed by atoms with Gasteiger partial charge < -0.3 is 10.1 Å². The number of sulfone groups is 1. The Morgan fingerprint density at radius 3 is 2.46 bits per heavy atom. The lowest BCUT2D eigenvalue weighted by atomic mass is 10.2. The van der Waals surface area contributed by atoms with E-state index in [0.717, 1.165) is 11.6 Å². The molecule has 0 spiro atoms. The molecule has 1 aromatic heterocycles. The van der Waals surface area contributed by atoms with Gasteiger partial charge in [-0.15, -0.1) is 11.3 Å². The SMILES string of the molecule is COc1ccc(-c2nc(C(=O)Nc3ccccc3S(=O)(=O)C(F)F)cs2)cc1. The molecule has 0 radical (unpaired) electrons. The molecule has 0 saturated heterocycles. The highest BCUT2D eigenvalue weighted by Gasteiger charge is 2.29. The number of benzene rings is 2. The summed E-state index contributed by atoms with van der Waals surface area (Å²) in [5.41, 5.74) is 0.581. The molecule has 1 N–H and O–H groups in total. The summed E-state index contributed by atoms with van der Waals surface area (Å²) in [7, 11) is -3.31. The van der Waals surface area contributed by atoms with Gasteiger partial charge in [-0.1, -0.05) is 12.1 Å². The van der Waals surface area contributed by atoms with E-state index >= 15 is 0 Å². The summed E-state index contributed by atoms with van der Waals surface area (Å²) in [6.45, 7) is 0. The number of methoxy groups -OCH3 is 1. The number of carbonyl (C=O) groups is 1. The maximum absolute atomic E-state index is 12.9. The normalized spacial score (nSPS) is 11.4. The molecular formula is C18H14F2N2O4S2. The van der Waals surface area contributed by atoms with Crippen molar-refractivity contribution in [2.45, 2.75) is 10.7 Å². The Morgan fingerprint density at radius 1 is 1.14 bits per heavy atom. The molecule has 0 aliphatic heterocycles. The molecule has 0 fully saturated rings. The molecule has 146 valence electrons. The van der Waals surface area contributed by atoms with Crippen LogP contribution in [0.25, 0.3) is 10.6 Å². The highest BCUT2D eigenvalue weighted by molar-refractivity contribution is 7.91. The van der Waals surface area contributed by atoms with E-state index in [1.165, 1.54) is 34.9 Å². The Labute approximate surface area is 163 Å². The van der Waals surface area contributed by atoms with Crippen molar-refractivity contribution in [3.63, 3.8) is 0 Å². The van der Waals surface area contributed by atoms with Crippen LogP contribution in [0.2, 0.25) is 0 Å². The van der Waals surface area contributed by atoms with Gasteiger partial charge in [-0.3, -0.25) is 4.79 Å². The number of nitrogens with zero attached hydrogens (tertiary/aromatic N) is 1. The zero-order valence-corrected chi connectivity index (χ0v) is 16.1. The van der Waals surface area contributed by atoms with Crippen LogP contribution in [0.4, 0.5) is 14.5 Å². The summed E-state index contributed by atoms with van der Waals surface area (Å²) >= 11 is 1.22. The number of hydrogen-bond donors (Lipinski definition) is 1. The fraction of sp³-hybridized carbons (Fsp3) is 0.111. The van der Waals surface area contributed by atoms with Gasteiger partial charge in [0.25, 0.3) is 5.91 Å². The Kier molecular flexibility index (Phi) is 5.71. The molecule has 0 atom stereocenters. The van der Waals surface area contributed by atoms with Crippen molar-refractivity contribution in [1.82, 2.24) is 4.98 Å². The van der Waals surface area contributed by atoms with Gasteiger partial charge in [0.15, 0.2) is 0 Å². The standard InChI is InChI=1S/C18H14F2N2O4S2/c1-26-12-8-6-11(7-9-12)17-22-14(10-27-17)16(23)21-13-4-2-3-5-15(13)28(24,25)18(19)20/h2-10,18H,1H3,(H,21,23). The first-order chi connectivity index (χ1) is 13.3. The summed E-state index contributed by atoms with van der Waals surface area (Å²) in [6.07, 6.45) is 0. The van der Waals surface area contributed by atoms with Crippen LogP contribution in [-0.4, -0.2) is 32.2 Å². The summed E-state index contributed by atoms with van der Waals surface area (Å²) < 4.78 is 54.4. The van der Waals surface area contributed by atoms with E-state index in [4.69, 9.17) is 4.74 Å². The number of hydrogen-bond acceptors (Lipinski definition) is 6. The van der Waals surface area contributed by atoms with Gasteiger partial charge in [-0.05, 0) is 36.4 Å². The Hall–Kier alpha value is -2.85. The summed E-state index contributed by atoms with van der Waals surface area (Å²) in [4.78, 5) is 16.0. The number of halogens is 2. The van der Waals surface area contributed by atoms with Crippen LogP contribution < -0.4 is 10.1 Å². The maximum Gasteiger partial charge on any atom is 0.341 e. The molecule has 28 heavy (non-hydrogen) atoms. The van der Waals surface area contributed by atoms with Gasteiger partial charge in [-0.25, -0.2) is 13.4 Å². The van der Waals surface area contributed by atoms with E-state index in [9.17, 15) is 22.0 Å². The molecule has 0 aliphatic carbocycles. The van der Waals surface area contributed by atoms with Crippen molar-refractivity contribution < 1.29 is 26.7 Å². The predicted octanol–water partition coefficient (Wildman–Crippen LogP) is 4.07. The number of amides is 1. The number of thiazole rings is 1. The van der Waals surface area contributed by atoms with Crippen LogP contribution in [-0.2, 0) is 9.84 Å². The van der Waals surface area contributed by atoms with E-state index < -0.39 is 26.4 Å². The number of aromatic nitrogens is 1. The lowest BCUT2D eigenvalue weighted by Crippen LogP contribution is -2.18. The van der Waals surface area contributed by atoms with Crippen LogP contribution in [0.1, 0.15) is 10.5 Å². The Morgan fingerprint density at radius 2 is 1.82 bits per heavy atom. The number of carbonyl (C=O) groups excluding carboxylic acids is 1. The molecule has 10 heteroatoms. The number of rotatable bonds is 6. The number of nitrogens with one attached hydrogen (secondary N) is 1. The van der Waals surface area contributed by atoms with E-state index in [2.05, 4.69) is 10.3 Å². The molecule has 3 aromatic rings. The second-order valence-electron chi connectivity index (χ2n) is 5.52. The fourth-order valence-electron chi connectivity index (χ4n) is 2.34. The van der Waals surface area contributed by atoms with Crippen LogP contribution in [0.5, 0.6) is 5.75 Å². The van der Waals surface area contributed by atoms with E-state index in [1.54, 1.807) is 31.4 Å². The number of anilines is 1. The summed E-state index contributed by atoms with van der Waals surface area (Å²) in [5.74, 6) is -3.62. The van der Waals surface area contributed by atoms with E-state index in [1.807, 2.05) is 0 Å². The third kappa shape index (κ3) is 4.02. The highest BCUT2D eigenvalue weighted by Crippen LogP contribution is 2.28. The molecule has 3 rings (SSSR count). The van der Waals surface area contributed by atoms with Crippen molar-refractivity contribution in [2.75, 3.05) is 12.4 Å². The average molecular weight is 424 g/mol. The summed E-state index contributed by atoms with van der Waals surface area (Å²) in [5, 5.41) is 4.41.